The SMILES string of the molecule is O=CN1CCN(C(=O)CCN2C(=O)c3ccccc3[C@@H]2c2c[nH]c3ccccc23)CC1. The van der Waals surface area contributed by atoms with Crippen LogP contribution in [0.3, 0.4) is 0 Å². The van der Waals surface area contributed by atoms with Crippen LogP contribution in [-0.4, -0.2) is 70.6 Å². The number of piperazine rings is 1. The quantitative estimate of drug-likeness (QED) is 0.649. The van der Waals surface area contributed by atoms with Crippen molar-refractivity contribution in [3.63, 3.8) is 0 Å². The summed E-state index contributed by atoms with van der Waals surface area (Å²) in [5.74, 6) is -0.0172. The second-order valence-electron chi connectivity index (χ2n) is 8.05. The van der Waals surface area contributed by atoms with Gasteiger partial charge in [-0.25, -0.2) is 0 Å². The Morgan fingerprint density at radius 2 is 1.74 bits per heavy atom. The molecule has 1 aromatic heterocycles. The number of rotatable bonds is 5. The first-order valence-corrected chi connectivity index (χ1v) is 10.6. The van der Waals surface area contributed by atoms with Crippen molar-refractivity contribution in [2.45, 2.75) is 12.5 Å². The van der Waals surface area contributed by atoms with E-state index in [2.05, 4.69) is 11.1 Å². The number of fused-ring (bicyclic) bond motifs is 2. The summed E-state index contributed by atoms with van der Waals surface area (Å²) in [7, 11) is 0. The third kappa shape index (κ3) is 3.36. The number of amides is 3. The molecule has 0 saturated carbocycles. The molecule has 1 fully saturated rings. The second-order valence-corrected chi connectivity index (χ2v) is 8.05. The van der Waals surface area contributed by atoms with Crippen molar-refractivity contribution in [3.05, 3.63) is 71.4 Å². The van der Waals surface area contributed by atoms with Crippen molar-refractivity contribution in [3.8, 4) is 0 Å². The lowest BCUT2D eigenvalue weighted by atomic mass is 9.97. The monoisotopic (exact) mass is 416 g/mol. The number of nitrogens with zero attached hydrogens (tertiary/aromatic N) is 3. The lowest BCUT2D eigenvalue weighted by Crippen LogP contribution is -2.48. The number of carbonyl (C=O) groups excluding carboxylic acids is 3. The Kier molecular flexibility index (Phi) is 4.94. The van der Waals surface area contributed by atoms with Crippen molar-refractivity contribution in [1.29, 1.82) is 0 Å². The fourth-order valence-electron chi connectivity index (χ4n) is 4.71. The molecule has 1 atom stereocenters. The minimum absolute atomic E-state index is 0.0204. The van der Waals surface area contributed by atoms with Crippen LogP contribution in [0.1, 0.15) is 33.9 Å². The highest BCUT2D eigenvalue weighted by Crippen LogP contribution is 2.41. The van der Waals surface area contributed by atoms with E-state index in [0.717, 1.165) is 28.4 Å². The van der Waals surface area contributed by atoms with E-state index in [0.29, 0.717) is 38.3 Å². The summed E-state index contributed by atoms with van der Waals surface area (Å²) in [5, 5.41) is 1.08. The van der Waals surface area contributed by atoms with E-state index in [1.165, 1.54) is 0 Å². The molecular weight excluding hydrogens is 392 g/mol. The van der Waals surface area contributed by atoms with Crippen LogP contribution in [0.2, 0.25) is 0 Å². The molecule has 1 N–H and O–H groups in total. The molecule has 2 aliphatic heterocycles. The van der Waals surface area contributed by atoms with Gasteiger partial charge in [-0.05, 0) is 17.7 Å². The number of H-pyrrole nitrogens is 1. The first-order chi connectivity index (χ1) is 15.2. The van der Waals surface area contributed by atoms with Gasteiger partial charge in [-0.3, -0.25) is 14.4 Å². The summed E-state index contributed by atoms with van der Waals surface area (Å²) in [6.45, 7) is 2.54. The zero-order valence-electron chi connectivity index (χ0n) is 17.2. The van der Waals surface area contributed by atoms with Crippen molar-refractivity contribution >= 4 is 29.1 Å². The standard InChI is InChI=1S/C24H24N4O3/c29-16-26-11-13-27(14-12-26)22(30)9-10-28-23(18-6-1-2-7-19(18)24(28)31)20-15-25-21-8-4-3-5-17(20)21/h1-8,15-16,23,25H,9-14H2/t23-/m1/s1. The number of aromatic nitrogens is 1. The van der Waals surface area contributed by atoms with Gasteiger partial charge in [0.05, 0.1) is 6.04 Å². The van der Waals surface area contributed by atoms with E-state index in [1.54, 1.807) is 9.80 Å². The van der Waals surface area contributed by atoms with Crippen LogP contribution >= 0.6 is 0 Å². The van der Waals surface area contributed by atoms with Crippen LogP contribution in [0.4, 0.5) is 0 Å². The maximum Gasteiger partial charge on any atom is 0.255 e. The molecule has 3 amide bonds. The second kappa shape index (κ2) is 7.91. The number of hydrogen-bond donors (Lipinski definition) is 1. The Hall–Kier alpha value is -3.61. The highest BCUT2D eigenvalue weighted by Gasteiger charge is 2.38. The Bertz CT molecular complexity index is 1150. The van der Waals surface area contributed by atoms with Gasteiger partial charge in [-0.15, -0.1) is 0 Å². The number of benzene rings is 2. The highest BCUT2D eigenvalue weighted by atomic mass is 16.2. The molecule has 0 spiro atoms. The predicted octanol–water partition coefficient (Wildman–Crippen LogP) is 2.40. The average Bonchev–Trinajstić information content (AvgIpc) is 3.36. The van der Waals surface area contributed by atoms with Crippen LogP contribution in [0.25, 0.3) is 10.9 Å². The topological polar surface area (TPSA) is 76.7 Å². The van der Waals surface area contributed by atoms with Gasteiger partial charge in [0.1, 0.15) is 0 Å². The van der Waals surface area contributed by atoms with Gasteiger partial charge < -0.3 is 19.7 Å². The fraction of sp³-hybridized carbons (Fsp3) is 0.292. The maximum atomic E-state index is 13.3. The molecular formula is C24H24N4O3. The highest BCUT2D eigenvalue weighted by molar-refractivity contribution is 6.01. The molecule has 0 bridgehead atoms. The molecule has 2 aliphatic rings. The zero-order chi connectivity index (χ0) is 21.4. The third-order valence-electron chi connectivity index (χ3n) is 6.36. The van der Waals surface area contributed by atoms with Crippen molar-refractivity contribution in [2.75, 3.05) is 32.7 Å². The minimum atomic E-state index is -0.223. The maximum absolute atomic E-state index is 13.3. The van der Waals surface area contributed by atoms with E-state index >= 15 is 0 Å². The molecule has 3 heterocycles. The summed E-state index contributed by atoms with van der Waals surface area (Å²) in [5.41, 5.74) is 3.74. The molecule has 2 aromatic carbocycles. The van der Waals surface area contributed by atoms with Crippen LogP contribution in [0, 0.1) is 0 Å². The molecule has 3 aromatic rings. The molecule has 1 saturated heterocycles. The van der Waals surface area contributed by atoms with Gasteiger partial charge in [0.2, 0.25) is 12.3 Å². The van der Waals surface area contributed by atoms with Crippen LogP contribution < -0.4 is 0 Å². The summed E-state index contributed by atoms with van der Waals surface area (Å²) in [4.78, 5) is 45.6. The molecule has 0 radical (unpaired) electrons. The number of nitrogens with one attached hydrogen (secondary N) is 1. The van der Waals surface area contributed by atoms with Crippen LogP contribution in [0.15, 0.2) is 54.7 Å². The molecule has 158 valence electrons. The predicted molar refractivity (Wildman–Crippen MR) is 116 cm³/mol. The lowest BCUT2D eigenvalue weighted by molar-refractivity contribution is -0.135. The number of hydrogen-bond acceptors (Lipinski definition) is 3. The average molecular weight is 416 g/mol. The van der Waals surface area contributed by atoms with Gasteiger partial charge in [0.25, 0.3) is 5.91 Å². The van der Waals surface area contributed by atoms with Crippen molar-refractivity contribution in [1.82, 2.24) is 19.7 Å². The molecule has 5 rings (SSSR count). The van der Waals surface area contributed by atoms with Gasteiger partial charge >= 0.3 is 0 Å². The first-order valence-electron chi connectivity index (χ1n) is 10.6. The number of aromatic amines is 1. The Balaban J connectivity index is 1.40. The molecule has 0 aliphatic carbocycles. The van der Waals surface area contributed by atoms with Gasteiger partial charge in [-0.1, -0.05) is 36.4 Å². The third-order valence-corrected chi connectivity index (χ3v) is 6.36. The summed E-state index contributed by atoms with van der Waals surface area (Å²) in [6, 6.07) is 15.5. The van der Waals surface area contributed by atoms with E-state index in [-0.39, 0.29) is 24.3 Å². The number of carbonyl (C=O) groups is 3. The molecule has 7 heteroatoms. The molecule has 7 nitrogen and oxygen atoms in total. The van der Waals surface area contributed by atoms with Crippen LogP contribution in [0.5, 0.6) is 0 Å². The summed E-state index contributed by atoms with van der Waals surface area (Å²) >= 11 is 0. The molecule has 31 heavy (non-hydrogen) atoms. The van der Waals surface area contributed by atoms with Crippen LogP contribution in [-0.2, 0) is 9.59 Å². The normalized spacial score (nSPS) is 18.5. The number of para-hydroxylation sites is 1. The van der Waals surface area contributed by atoms with E-state index in [1.807, 2.05) is 53.6 Å². The van der Waals surface area contributed by atoms with Gasteiger partial charge in [0.15, 0.2) is 0 Å². The van der Waals surface area contributed by atoms with E-state index in [4.69, 9.17) is 0 Å². The smallest absolute Gasteiger partial charge is 0.255 e. The van der Waals surface area contributed by atoms with E-state index in [9.17, 15) is 14.4 Å². The van der Waals surface area contributed by atoms with Gasteiger partial charge in [-0.2, -0.15) is 0 Å². The first kappa shape index (κ1) is 19.4. The Morgan fingerprint density at radius 1 is 1.00 bits per heavy atom. The minimum Gasteiger partial charge on any atom is -0.361 e. The van der Waals surface area contributed by atoms with Crippen molar-refractivity contribution in [2.24, 2.45) is 0 Å². The Labute approximate surface area is 180 Å². The van der Waals surface area contributed by atoms with Crippen molar-refractivity contribution < 1.29 is 14.4 Å². The molecule has 0 unspecified atom stereocenters. The summed E-state index contributed by atoms with van der Waals surface area (Å²) < 4.78 is 0. The van der Waals surface area contributed by atoms with Gasteiger partial charge in [0, 0.05) is 67.4 Å². The fourth-order valence-corrected chi connectivity index (χ4v) is 4.71. The van der Waals surface area contributed by atoms with E-state index < -0.39 is 0 Å². The zero-order valence-corrected chi connectivity index (χ0v) is 17.2. The largest absolute Gasteiger partial charge is 0.361 e. The Morgan fingerprint density at radius 3 is 2.55 bits per heavy atom. The summed E-state index contributed by atoms with van der Waals surface area (Å²) in [6.07, 6.45) is 3.06. The lowest BCUT2D eigenvalue weighted by Gasteiger charge is -2.33.